The predicted octanol–water partition coefficient (Wildman–Crippen LogP) is 5.47. The molecule has 154 valence electrons. The van der Waals surface area contributed by atoms with E-state index in [9.17, 15) is 4.39 Å². The monoisotopic (exact) mass is 473 g/mol. The first-order valence-corrected chi connectivity index (χ1v) is 10.6. The molecule has 0 aliphatic rings. The van der Waals surface area contributed by atoms with E-state index in [0.29, 0.717) is 35.2 Å². The molecule has 0 radical (unpaired) electrons. The van der Waals surface area contributed by atoms with Gasteiger partial charge in [-0.05, 0) is 78.5 Å². The molecule has 2 aromatic rings. The fourth-order valence-corrected chi connectivity index (χ4v) is 3.53. The van der Waals surface area contributed by atoms with Gasteiger partial charge in [0.15, 0.2) is 11.5 Å². The van der Waals surface area contributed by atoms with Gasteiger partial charge in [-0.3, -0.25) is 0 Å². The maximum Gasteiger partial charge on any atom is 0.175 e. The van der Waals surface area contributed by atoms with Crippen molar-refractivity contribution in [2.24, 2.45) is 0 Å². The van der Waals surface area contributed by atoms with E-state index in [1.54, 1.807) is 12.1 Å². The van der Waals surface area contributed by atoms with Gasteiger partial charge in [0.25, 0.3) is 0 Å². The molecule has 28 heavy (non-hydrogen) atoms. The van der Waals surface area contributed by atoms with Gasteiger partial charge < -0.3 is 19.9 Å². The molecule has 4 nitrogen and oxygen atoms in total. The molecule has 0 saturated heterocycles. The van der Waals surface area contributed by atoms with Crippen molar-refractivity contribution in [2.45, 2.75) is 39.3 Å². The molecule has 2 N–H and O–H groups in total. The summed E-state index contributed by atoms with van der Waals surface area (Å²) in [4.78, 5) is 0. The number of nitrogens with one attached hydrogen (secondary N) is 1. The van der Waals surface area contributed by atoms with Crippen molar-refractivity contribution in [1.29, 1.82) is 0 Å². The Bertz CT molecular complexity index is 740. The van der Waals surface area contributed by atoms with Crippen LogP contribution >= 0.6 is 27.5 Å². The molecule has 0 bridgehead atoms. The van der Waals surface area contributed by atoms with Crippen LogP contribution in [0.15, 0.2) is 34.8 Å². The Morgan fingerprint density at radius 1 is 1.18 bits per heavy atom. The van der Waals surface area contributed by atoms with Gasteiger partial charge >= 0.3 is 0 Å². The third kappa shape index (κ3) is 6.92. The van der Waals surface area contributed by atoms with E-state index in [-0.39, 0.29) is 13.2 Å². The average Bonchev–Trinajstić information content (AvgIpc) is 2.66. The number of aliphatic hydroxyl groups is 1. The Morgan fingerprint density at radius 3 is 2.71 bits per heavy atom. The molecule has 0 saturated carbocycles. The smallest absolute Gasteiger partial charge is 0.175 e. The van der Waals surface area contributed by atoms with Crippen molar-refractivity contribution in [1.82, 2.24) is 5.32 Å². The predicted molar refractivity (Wildman–Crippen MR) is 114 cm³/mol. The summed E-state index contributed by atoms with van der Waals surface area (Å²) in [5.41, 5.74) is 1.36. The second-order valence-electron chi connectivity index (χ2n) is 6.29. The summed E-state index contributed by atoms with van der Waals surface area (Å²) in [5, 5.41) is 12.5. The third-order valence-corrected chi connectivity index (χ3v) is 5.08. The molecule has 2 rings (SSSR count). The Morgan fingerprint density at radius 2 is 2.00 bits per heavy atom. The van der Waals surface area contributed by atoms with Crippen LogP contribution in [-0.2, 0) is 13.2 Å². The van der Waals surface area contributed by atoms with Crippen LogP contribution in [0.25, 0.3) is 0 Å². The minimum atomic E-state index is -0.399. The van der Waals surface area contributed by atoms with Gasteiger partial charge in [-0.1, -0.05) is 17.7 Å². The number of halogens is 3. The Balaban J connectivity index is 2.05. The lowest BCUT2D eigenvalue weighted by Gasteiger charge is -2.16. The lowest BCUT2D eigenvalue weighted by atomic mass is 10.2. The molecule has 0 fully saturated rings. The van der Waals surface area contributed by atoms with Crippen LogP contribution in [0.1, 0.15) is 37.3 Å². The van der Waals surface area contributed by atoms with Crippen molar-refractivity contribution in [3.05, 3.63) is 56.8 Å². The van der Waals surface area contributed by atoms with E-state index in [2.05, 4.69) is 21.2 Å². The molecule has 2 aromatic carbocycles. The number of unbranched alkanes of at least 4 members (excludes halogenated alkanes) is 2. The highest BCUT2D eigenvalue weighted by Gasteiger charge is 2.15. The molecule has 0 amide bonds. The normalized spacial score (nSPS) is 10.9. The fraction of sp³-hybridized carbons (Fsp3) is 0.429. The number of hydrogen-bond acceptors (Lipinski definition) is 4. The van der Waals surface area contributed by atoms with E-state index in [0.717, 1.165) is 35.8 Å². The van der Waals surface area contributed by atoms with Gasteiger partial charge in [0.05, 0.1) is 16.1 Å². The minimum Gasteiger partial charge on any atom is -0.490 e. The maximum atomic E-state index is 14.0. The van der Waals surface area contributed by atoms with Crippen LogP contribution in [0.3, 0.4) is 0 Å². The van der Waals surface area contributed by atoms with Crippen molar-refractivity contribution < 1.29 is 19.0 Å². The van der Waals surface area contributed by atoms with Crippen LogP contribution < -0.4 is 14.8 Å². The van der Waals surface area contributed by atoms with E-state index >= 15 is 0 Å². The molecule has 0 heterocycles. The Hall–Kier alpha value is -1.34. The second-order valence-corrected chi connectivity index (χ2v) is 7.55. The lowest BCUT2D eigenvalue weighted by molar-refractivity contribution is 0.264. The van der Waals surface area contributed by atoms with E-state index in [1.165, 1.54) is 6.07 Å². The van der Waals surface area contributed by atoms with Crippen LogP contribution in [0.2, 0.25) is 5.02 Å². The van der Waals surface area contributed by atoms with Gasteiger partial charge in [-0.15, -0.1) is 0 Å². The summed E-state index contributed by atoms with van der Waals surface area (Å²) in [6.45, 7) is 4.21. The molecule has 7 heteroatoms. The zero-order valence-corrected chi connectivity index (χ0v) is 18.3. The Labute approximate surface area is 179 Å². The molecular weight excluding hydrogens is 449 g/mol. The lowest BCUT2D eigenvalue weighted by Crippen LogP contribution is -2.15. The topological polar surface area (TPSA) is 50.7 Å². The van der Waals surface area contributed by atoms with Gasteiger partial charge in [0, 0.05) is 18.7 Å². The standard InChI is InChI=1S/C21H26BrClFNO3/c1-2-27-20-12-15(13-25-9-4-3-5-10-26)11-17(22)21(20)28-14-16-18(23)7-6-8-19(16)24/h6-8,11-12,25-26H,2-5,9-10,13-14H2,1H3. The summed E-state index contributed by atoms with van der Waals surface area (Å²) >= 11 is 9.61. The van der Waals surface area contributed by atoms with Gasteiger partial charge in [0.2, 0.25) is 0 Å². The summed E-state index contributed by atoms with van der Waals surface area (Å²) < 4.78 is 26.3. The molecule has 0 aliphatic heterocycles. The molecule has 0 unspecified atom stereocenters. The quantitative estimate of drug-likeness (QED) is 0.400. The fourth-order valence-electron chi connectivity index (χ4n) is 2.71. The minimum absolute atomic E-state index is 0.00658. The molecule has 0 aliphatic carbocycles. The third-order valence-electron chi connectivity index (χ3n) is 4.13. The van der Waals surface area contributed by atoms with Crippen molar-refractivity contribution >= 4 is 27.5 Å². The zero-order chi connectivity index (χ0) is 20.4. The van der Waals surface area contributed by atoms with Gasteiger partial charge in [-0.25, -0.2) is 4.39 Å². The first-order valence-electron chi connectivity index (χ1n) is 9.39. The molecule has 0 aromatic heterocycles. The first-order chi connectivity index (χ1) is 13.6. The summed E-state index contributed by atoms with van der Waals surface area (Å²) in [7, 11) is 0. The first kappa shape index (κ1) is 22.9. The maximum absolute atomic E-state index is 14.0. The van der Waals surface area contributed by atoms with Crippen molar-refractivity contribution in [3.8, 4) is 11.5 Å². The number of aliphatic hydroxyl groups excluding tert-OH is 1. The van der Waals surface area contributed by atoms with Crippen molar-refractivity contribution in [3.63, 3.8) is 0 Å². The SMILES string of the molecule is CCOc1cc(CNCCCCCO)cc(Br)c1OCc1c(F)cccc1Cl. The highest BCUT2D eigenvalue weighted by molar-refractivity contribution is 9.10. The number of hydrogen-bond donors (Lipinski definition) is 2. The summed E-state index contributed by atoms with van der Waals surface area (Å²) in [6.07, 6.45) is 2.85. The largest absolute Gasteiger partial charge is 0.490 e. The zero-order valence-electron chi connectivity index (χ0n) is 15.9. The molecule has 0 atom stereocenters. The highest BCUT2D eigenvalue weighted by atomic mass is 79.9. The summed E-state index contributed by atoms with van der Waals surface area (Å²) in [6, 6.07) is 8.44. The van der Waals surface area contributed by atoms with Crippen LogP contribution in [0.5, 0.6) is 11.5 Å². The average molecular weight is 475 g/mol. The van der Waals surface area contributed by atoms with E-state index in [1.807, 2.05) is 19.1 Å². The van der Waals surface area contributed by atoms with Crippen molar-refractivity contribution in [2.75, 3.05) is 19.8 Å². The number of benzene rings is 2. The number of ether oxygens (including phenoxy) is 2. The molecular formula is C21H26BrClFNO3. The van der Waals surface area contributed by atoms with Gasteiger partial charge in [0.1, 0.15) is 12.4 Å². The summed E-state index contributed by atoms with van der Waals surface area (Å²) in [5.74, 6) is 0.720. The number of rotatable bonds is 12. The van der Waals surface area contributed by atoms with Crippen LogP contribution in [-0.4, -0.2) is 24.9 Å². The second kappa shape index (κ2) is 12.3. The highest BCUT2D eigenvalue weighted by Crippen LogP contribution is 2.38. The van der Waals surface area contributed by atoms with E-state index in [4.69, 9.17) is 26.2 Å². The van der Waals surface area contributed by atoms with Crippen LogP contribution in [0.4, 0.5) is 4.39 Å². The van der Waals surface area contributed by atoms with Gasteiger partial charge in [-0.2, -0.15) is 0 Å². The van der Waals surface area contributed by atoms with E-state index < -0.39 is 5.82 Å². The molecule has 0 spiro atoms. The van der Waals surface area contributed by atoms with Crippen LogP contribution in [0, 0.1) is 5.82 Å². The Kier molecular flexibility index (Phi) is 10.1.